The second kappa shape index (κ2) is 6.38. The number of H-pyrrole nitrogens is 1. The number of hydrogen-bond acceptors (Lipinski definition) is 1. The highest BCUT2D eigenvalue weighted by molar-refractivity contribution is 6.17. The zero-order chi connectivity index (χ0) is 15.6. The third-order valence-corrected chi connectivity index (χ3v) is 5.10. The highest BCUT2D eigenvalue weighted by Crippen LogP contribution is 2.38. The largest absolute Gasteiger partial charge is 0.357 e. The molecular formula is C20H21ClN2. The van der Waals surface area contributed by atoms with Gasteiger partial charge in [-0.15, -0.1) is 11.6 Å². The van der Waals surface area contributed by atoms with Gasteiger partial charge in [0.15, 0.2) is 0 Å². The normalized spacial score (nSPS) is 18.2. The van der Waals surface area contributed by atoms with Crippen molar-refractivity contribution in [2.45, 2.75) is 18.9 Å². The van der Waals surface area contributed by atoms with E-state index < -0.39 is 0 Å². The van der Waals surface area contributed by atoms with Crippen molar-refractivity contribution in [2.24, 2.45) is 0 Å². The number of aromatic nitrogens is 1. The summed E-state index contributed by atoms with van der Waals surface area (Å²) in [7, 11) is 0. The first-order valence-electron chi connectivity index (χ1n) is 8.33. The van der Waals surface area contributed by atoms with Crippen LogP contribution in [0.5, 0.6) is 0 Å². The molecule has 3 heteroatoms. The number of rotatable bonds is 4. The Morgan fingerprint density at radius 2 is 1.83 bits per heavy atom. The highest BCUT2D eigenvalue weighted by atomic mass is 35.5. The molecule has 23 heavy (non-hydrogen) atoms. The van der Waals surface area contributed by atoms with E-state index in [2.05, 4.69) is 64.5 Å². The van der Waals surface area contributed by atoms with Crippen molar-refractivity contribution in [3.63, 3.8) is 0 Å². The SMILES string of the molecule is ClCCCN1CCc2c([nH]c3ccccc23)C1c1ccccc1. The number of aromatic amines is 1. The minimum Gasteiger partial charge on any atom is -0.357 e. The zero-order valence-electron chi connectivity index (χ0n) is 13.1. The quantitative estimate of drug-likeness (QED) is 0.686. The van der Waals surface area contributed by atoms with Gasteiger partial charge < -0.3 is 4.98 Å². The molecule has 0 spiro atoms. The molecule has 1 unspecified atom stereocenters. The van der Waals surface area contributed by atoms with E-state index in [0.717, 1.165) is 31.8 Å². The van der Waals surface area contributed by atoms with Gasteiger partial charge in [-0.3, -0.25) is 4.90 Å². The van der Waals surface area contributed by atoms with E-state index in [-0.39, 0.29) is 0 Å². The van der Waals surface area contributed by atoms with Crippen LogP contribution in [0.2, 0.25) is 0 Å². The molecule has 0 saturated heterocycles. The van der Waals surface area contributed by atoms with Crippen LogP contribution in [0, 0.1) is 0 Å². The van der Waals surface area contributed by atoms with Crippen LogP contribution in [-0.4, -0.2) is 28.9 Å². The molecule has 4 rings (SSSR count). The van der Waals surface area contributed by atoms with Crippen molar-refractivity contribution in [3.05, 3.63) is 71.4 Å². The van der Waals surface area contributed by atoms with Crippen molar-refractivity contribution in [3.8, 4) is 0 Å². The number of fused-ring (bicyclic) bond motifs is 3. The first kappa shape index (κ1) is 14.8. The summed E-state index contributed by atoms with van der Waals surface area (Å²) in [5.74, 6) is 0.720. The molecule has 118 valence electrons. The first-order chi connectivity index (χ1) is 11.4. The first-order valence-corrected chi connectivity index (χ1v) is 8.86. The van der Waals surface area contributed by atoms with E-state index in [1.54, 1.807) is 0 Å². The van der Waals surface area contributed by atoms with Crippen molar-refractivity contribution < 1.29 is 0 Å². The van der Waals surface area contributed by atoms with Crippen LogP contribution in [0.15, 0.2) is 54.6 Å². The van der Waals surface area contributed by atoms with Crippen LogP contribution in [0.4, 0.5) is 0 Å². The van der Waals surface area contributed by atoms with E-state index in [9.17, 15) is 0 Å². The summed E-state index contributed by atoms with van der Waals surface area (Å²) in [5.41, 5.74) is 5.45. The fraction of sp³-hybridized carbons (Fsp3) is 0.300. The van der Waals surface area contributed by atoms with Crippen LogP contribution in [0.1, 0.15) is 29.3 Å². The molecule has 1 aliphatic heterocycles. The summed E-state index contributed by atoms with van der Waals surface area (Å²) >= 11 is 5.94. The number of benzene rings is 2. The molecule has 0 fully saturated rings. The molecule has 2 nitrogen and oxygen atoms in total. The van der Waals surface area contributed by atoms with Gasteiger partial charge in [0.25, 0.3) is 0 Å². The Hall–Kier alpha value is -1.77. The number of hydrogen-bond donors (Lipinski definition) is 1. The Balaban J connectivity index is 1.83. The Labute approximate surface area is 142 Å². The molecule has 3 aromatic rings. The summed E-state index contributed by atoms with van der Waals surface area (Å²) in [6.07, 6.45) is 2.13. The van der Waals surface area contributed by atoms with Crippen molar-refractivity contribution in [1.29, 1.82) is 0 Å². The topological polar surface area (TPSA) is 19.0 Å². The molecule has 0 aliphatic carbocycles. The van der Waals surface area contributed by atoms with Crippen LogP contribution < -0.4 is 0 Å². The summed E-state index contributed by atoms with van der Waals surface area (Å²) in [5, 5.41) is 1.38. The van der Waals surface area contributed by atoms with Gasteiger partial charge in [0, 0.05) is 35.6 Å². The Morgan fingerprint density at radius 3 is 2.65 bits per heavy atom. The molecular weight excluding hydrogens is 304 g/mol. The lowest BCUT2D eigenvalue weighted by Crippen LogP contribution is -2.36. The number of nitrogens with zero attached hydrogens (tertiary/aromatic N) is 1. The van der Waals surface area contributed by atoms with Crippen LogP contribution in [0.3, 0.4) is 0 Å². The minimum absolute atomic E-state index is 0.301. The van der Waals surface area contributed by atoms with E-state index >= 15 is 0 Å². The third-order valence-electron chi connectivity index (χ3n) is 4.83. The van der Waals surface area contributed by atoms with Crippen molar-refractivity contribution in [1.82, 2.24) is 9.88 Å². The molecule has 1 aliphatic rings. The summed E-state index contributed by atoms with van der Waals surface area (Å²) in [6, 6.07) is 19.8. The van der Waals surface area contributed by atoms with E-state index in [4.69, 9.17) is 11.6 Å². The molecule has 2 aromatic carbocycles. The third kappa shape index (κ3) is 2.66. The van der Waals surface area contributed by atoms with Gasteiger partial charge in [-0.1, -0.05) is 48.5 Å². The van der Waals surface area contributed by atoms with Crippen molar-refractivity contribution in [2.75, 3.05) is 19.0 Å². The minimum atomic E-state index is 0.301. The van der Waals surface area contributed by atoms with Gasteiger partial charge in [0.2, 0.25) is 0 Å². The standard InChI is InChI=1S/C20H21ClN2/c21-12-6-13-23-14-11-17-16-9-4-5-10-18(16)22-19(17)20(23)15-7-2-1-3-8-15/h1-5,7-10,20,22H,6,11-14H2. The predicted octanol–water partition coefficient (Wildman–Crippen LogP) is 4.74. The predicted molar refractivity (Wildman–Crippen MR) is 97.2 cm³/mol. The van der Waals surface area contributed by atoms with Crippen LogP contribution in [0.25, 0.3) is 10.9 Å². The van der Waals surface area contributed by atoms with Gasteiger partial charge in [-0.2, -0.15) is 0 Å². The van der Waals surface area contributed by atoms with E-state index in [1.807, 2.05) is 0 Å². The maximum Gasteiger partial charge on any atom is 0.0757 e. The molecule has 1 aromatic heterocycles. The fourth-order valence-electron chi connectivity index (χ4n) is 3.81. The average Bonchev–Trinajstić information content (AvgIpc) is 2.98. The fourth-order valence-corrected chi connectivity index (χ4v) is 3.93. The second-order valence-corrected chi connectivity index (χ2v) is 6.58. The molecule has 0 saturated carbocycles. The smallest absolute Gasteiger partial charge is 0.0757 e. The Bertz CT molecular complexity index is 794. The summed E-state index contributed by atoms with van der Waals surface area (Å²) in [6.45, 7) is 2.13. The lowest BCUT2D eigenvalue weighted by Gasteiger charge is -2.36. The summed E-state index contributed by atoms with van der Waals surface area (Å²) < 4.78 is 0. The Kier molecular flexibility index (Phi) is 4.11. The molecule has 0 bridgehead atoms. The average molecular weight is 325 g/mol. The highest BCUT2D eigenvalue weighted by Gasteiger charge is 2.30. The van der Waals surface area contributed by atoms with Crippen molar-refractivity contribution >= 4 is 22.5 Å². The monoisotopic (exact) mass is 324 g/mol. The van der Waals surface area contributed by atoms with Gasteiger partial charge >= 0.3 is 0 Å². The van der Waals surface area contributed by atoms with Gasteiger partial charge in [-0.05, 0) is 30.0 Å². The molecule has 0 amide bonds. The zero-order valence-corrected chi connectivity index (χ0v) is 13.9. The van der Waals surface area contributed by atoms with Gasteiger partial charge in [0.1, 0.15) is 0 Å². The van der Waals surface area contributed by atoms with E-state index in [0.29, 0.717) is 6.04 Å². The maximum absolute atomic E-state index is 5.94. The number of para-hydroxylation sites is 1. The maximum atomic E-state index is 5.94. The van der Waals surface area contributed by atoms with E-state index in [1.165, 1.54) is 27.7 Å². The Morgan fingerprint density at radius 1 is 1.04 bits per heavy atom. The number of halogens is 1. The van der Waals surface area contributed by atoms with Gasteiger partial charge in [-0.25, -0.2) is 0 Å². The molecule has 2 heterocycles. The van der Waals surface area contributed by atoms with Crippen LogP contribution >= 0.6 is 11.6 Å². The second-order valence-electron chi connectivity index (χ2n) is 6.20. The molecule has 1 N–H and O–H groups in total. The lowest BCUT2D eigenvalue weighted by atomic mass is 9.92. The summed E-state index contributed by atoms with van der Waals surface area (Å²) in [4.78, 5) is 6.26. The number of nitrogens with one attached hydrogen (secondary N) is 1. The molecule has 1 atom stereocenters. The van der Waals surface area contributed by atoms with Gasteiger partial charge in [0.05, 0.1) is 6.04 Å². The number of alkyl halides is 1. The lowest BCUT2D eigenvalue weighted by molar-refractivity contribution is 0.212. The van der Waals surface area contributed by atoms with Crippen LogP contribution in [-0.2, 0) is 6.42 Å². The molecule has 0 radical (unpaired) electrons.